The number of amides is 1. The lowest BCUT2D eigenvalue weighted by Gasteiger charge is -2.17. The van der Waals surface area contributed by atoms with E-state index in [0.717, 1.165) is 25.1 Å². The minimum Gasteiger partial charge on any atom is -0.497 e. The van der Waals surface area contributed by atoms with Crippen LogP contribution in [0.4, 0.5) is 5.69 Å². The second-order valence-corrected chi connectivity index (χ2v) is 5.30. The number of methoxy groups -OCH3 is 1. The van der Waals surface area contributed by atoms with Gasteiger partial charge in [-0.2, -0.15) is 0 Å². The Morgan fingerprint density at radius 2 is 1.73 bits per heavy atom. The van der Waals surface area contributed by atoms with E-state index in [0.29, 0.717) is 11.3 Å². The van der Waals surface area contributed by atoms with E-state index in [-0.39, 0.29) is 5.91 Å². The minimum atomic E-state index is 0.0229. The van der Waals surface area contributed by atoms with Crippen LogP contribution < -0.4 is 10.5 Å². The number of ether oxygens (including phenoxy) is 1. The molecule has 0 saturated heterocycles. The largest absolute Gasteiger partial charge is 0.497 e. The van der Waals surface area contributed by atoms with Gasteiger partial charge in [-0.05, 0) is 54.8 Å². The molecule has 0 unspecified atom stereocenters. The van der Waals surface area contributed by atoms with E-state index >= 15 is 0 Å². The molecule has 1 amide bonds. The van der Waals surface area contributed by atoms with Gasteiger partial charge in [-0.1, -0.05) is 12.1 Å². The highest BCUT2D eigenvalue weighted by atomic mass is 16.5. The predicted molar refractivity (Wildman–Crippen MR) is 89.1 cm³/mol. The molecule has 2 aromatic carbocycles. The Labute approximate surface area is 131 Å². The summed E-state index contributed by atoms with van der Waals surface area (Å²) in [6.07, 6.45) is 1.85. The van der Waals surface area contributed by atoms with E-state index in [9.17, 15) is 4.79 Å². The third-order valence-corrected chi connectivity index (χ3v) is 3.62. The molecule has 0 radical (unpaired) electrons. The summed E-state index contributed by atoms with van der Waals surface area (Å²) >= 11 is 0. The summed E-state index contributed by atoms with van der Waals surface area (Å²) in [5.74, 6) is 0.883. The van der Waals surface area contributed by atoms with Gasteiger partial charge in [0.25, 0.3) is 5.91 Å². The van der Waals surface area contributed by atoms with Crippen LogP contribution in [-0.4, -0.2) is 31.5 Å². The Bertz CT molecular complexity index is 606. The van der Waals surface area contributed by atoms with Crippen molar-refractivity contribution in [3.63, 3.8) is 0 Å². The van der Waals surface area contributed by atoms with Gasteiger partial charge >= 0.3 is 0 Å². The van der Waals surface area contributed by atoms with Crippen LogP contribution in [0.25, 0.3) is 0 Å². The molecule has 0 aliphatic carbocycles. The molecule has 22 heavy (non-hydrogen) atoms. The van der Waals surface area contributed by atoms with Crippen LogP contribution in [0.1, 0.15) is 22.3 Å². The quantitative estimate of drug-likeness (QED) is 0.834. The average Bonchev–Trinajstić information content (AvgIpc) is 2.55. The number of hydrogen-bond donors (Lipinski definition) is 1. The number of nitrogens with zero attached hydrogens (tertiary/aromatic N) is 1. The predicted octanol–water partition coefficient (Wildman–Crippen LogP) is 2.98. The maximum atomic E-state index is 12.3. The first-order chi connectivity index (χ1) is 10.6. The number of hydrogen-bond acceptors (Lipinski definition) is 3. The number of rotatable bonds is 6. The van der Waals surface area contributed by atoms with Gasteiger partial charge in [-0.25, -0.2) is 0 Å². The van der Waals surface area contributed by atoms with Crippen LogP contribution in [-0.2, 0) is 6.42 Å². The molecular formula is C18H22N2O2. The van der Waals surface area contributed by atoms with E-state index in [1.807, 2.05) is 19.2 Å². The second kappa shape index (κ2) is 7.50. The first-order valence-electron chi connectivity index (χ1n) is 7.34. The molecule has 4 heteroatoms. The third-order valence-electron chi connectivity index (χ3n) is 3.62. The lowest BCUT2D eigenvalue weighted by Crippen LogP contribution is -2.28. The first kappa shape index (κ1) is 15.9. The molecule has 2 N–H and O–H groups in total. The molecule has 0 spiro atoms. The summed E-state index contributed by atoms with van der Waals surface area (Å²) in [5.41, 5.74) is 8.21. The standard InChI is InChI=1S/C18H22N2O2/c1-20(18(21)15-7-9-16(19)10-8-15)13-3-4-14-5-11-17(22-2)12-6-14/h5-12H,3-4,13,19H2,1-2H3. The number of aryl methyl sites for hydroxylation is 1. The highest BCUT2D eigenvalue weighted by Gasteiger charge is 2.10. The van der Waals surface area contributed by atoms with Gasteiger partial charge in [-0.15, -0.1) is 0 Å². The van der Waals surface area contributed by atoms with Gasteiger partial charge in [0, 0.05) is 24.8 Å². The van der Waals surface area contributed by atoms with Crippen molar-refractivity contribution >= 4 is 11.6 Å². The topological polar surface area (TPSA) is 55.6 Å². The molecule has 0 aliphatic rings. The zero-order valence-corrected chi connectivity index (χ0v) is 13.1. The van der Waals surface area contributed by atoms with Crippen LogP contribution in [0.3, 0.4) is 0 Å². The molecule has 0 saturated carbocycles. The Hall–Kier alpha value is -2.49. The zero-order valence-electron chi connectivity index (χ0n) is 13.1. The average molecular weight is 298 g/mol. The molecule has 0 heterocycles. The van der Waals surface area contributed by atoms with Gasteiger partial charge < -0.3 is 15.4 Å². The van der Waals surface area contributed by atoms with E-state index in [1.165, 1.54) is 5.56 Å². The van der Waals surface area contributed by atoms with Gasteiger partial charge in [-0.3, -0.25) is 4.79 Å². The number of benzene rings is 2. The Kier molecular flexibility index (Phi) is 5.42. The summed E-state index contributed by atoms with van der Waals surface area (Å²) in [4.78, 5) is 14.0. The second-order valence-electron chi connectivity index (χ2n) is 5.30. The van der Waals surface area contributed by atoms with Gasteiger partial charge in [0.05, 0.1) is 7.11 Å². The summed E-state index contributed by atoms with van der Waals surface area (Å²) in [6, 6.07) is 15.0. The number of carbonyl (C=O) groups is 1. The van der Waals surface area contributed by atoms with Crippen molar-refractivity contribution in [1.29, 1.82) is 0 Å². The van der Waals surface area contributed by atoms with Crippen molar-refractivity contribution in [3.05, 3.63) is 59.7 Å². The van der Waals surface area contributed by atoms with Crippen molar-refractivity contribution in [2.45, 2.75) is 12.8 Å². The Morgan fingerprint density at radius 3 is 2.32 bits per heavy atom. The molecule has 0 bridgehead atoms. The normalized spacial score (nSPS) is 10.3. The van der Waals surface area contributed by atoms with Crippen LogP contribution in [0, 0.1) is 0 Å². The van der Waals surface area contributed by atoms with Crippen molar-refractivity contribution in [3.8, 4) is 5.75 Å². The molecular weight excluding hydrogens is 276 g/mol. The summed E-state index contributed by atoms with van der Waals surface area (Å²) in [6.45, 7) is 0.717. The molecule has 4 nitrogen and oxygen atoms in total. The fourth-order valence-corrected chi connectivity index (χ4v) is 2.26. The summed E-state index contributed by atoms with van der Waals surface area (Å²) in [5, 5.41) is 0. The van der Waals surface area contributed by atoms with E-state index in [2.05, 4.69) is 12.1 Å². The smallest absolute Gasteiger partial charge is 0.253 e. The minimum absolute atomic E-state index is 0.0229. The van der Waals surface area contributed by atoms with Crippen molar-refractivity contribution < 1.29 is 9.53 Å². The van der Waals surface area contributed by atoms with Crippen LogP contribution >= 0.6 is 0 Å². The van der Waals surface area contributed by atoms with Crippen LogP contribution in [0.2, 0.25) is 0 Å². The van der Waals surface area contributed by atoms with E-state index in [4.69, 9.17) is 10.5 Å². The summed E-state index contributed by atoms with van der Waals surface area (Å²) < 4.78 is 5.14. The number of nitrogen functional groups attached to an aromatic ring is 1. The molecule has 0 aliphatic heterocycles. The van der Waals surface area contributed by atoms with Crippen molar-refractivity contribution in [2.24, 2.45) is 0 Å². The Balaban J connectivity index is 1.82. The van der Waals surface area contributed by atoms with Gasteiger partial charge in [0.15, 0.2) is 0 Å². The highest BCUT2D eigenvalue weighted by molar-refractivity contribution is 5.94. The molecule has 0 atom stereocenters. The molecule has 0 aromatic heterocycles. The Morgan fingerprint density at radius 1 is 1.09 bits per heavy atom. The zero-order chi connectivity index (χ0) is 15.9. The highest BCUT2D eigenvalue weighted by Crippen LogP contribution is 2.13. The van der Waals surface area contributed by atoms with Gasteiger partial charge in [0.1, 0.15) is 5.75 Å². The van der Waals surface area contributed by atoms with Crippen molar-refractivity contribution in [1.82, 2.24) is 4.90 Å². The van der Waals surface area contributed by atoms with Gasteiger partial charge in [0.2, 0.25) is 0 Å². The lowest BCUT2D eigenvalue weighted by molar-refractivity contribution is 0.0793. The molecule has 2 aromatic rings. The molecule has 116 valence electrons. The number of nitrogens with two attached hydrogens (primary N) is 1. The van der Waals surface area contributed by atoms with Crippen LogP contribution in [0.15, 0.2) is 48.5 Å². The fraction of sp³-hybridized carbons (Fsp3) is 0.278. The van der Waals surface area contributed by atoms with Crippen molar-refractivity contribution in [2.75, 3.05) is 26.4 Å². The maximum Gasteiger partial charge on any atom is 0.253 e. The lowest BCUT2D eigenvalue weighted by atomic mass is 10.1. The maximum absolute atomic E-state index is 12.3. The van der Waals surface area contributed by atoms with E-state index in [1.54, 1.807) is 36.3 Å². The van der Waals surface area contributed by atoms with E-state index < -0.39 is 0 Å². The SMILES string of the molecule is COc1ccc(CCCN(C)C(=O)c2ccc(N)cc2)cc1. The monoisotopic (exact) mass is 298 g/mol. The first-order valence-corrected chi connectivity index (χ1v) is 7.34. The molecule has 0 fully saturated rings. The van der Waals surface area contributed by atoms with Crippen LogP contribution in [0.5, 0.6) is 5.75 Å². The number of carbonyl (C=O) groups excluding carboxylic acids is 1. The number of anilines is 1. The fourth-order valence-electron chi connectivity index (χ4n) is 2.26. The third kappa shape index (κ3) is 4.25. The molecule has 2 rings (SSSR count). The summed E-state index contributed by atoms with van der Waals surface area (Å²) in [7, 11) is 3.49.